The van der Waals surface area contributed by atoms with Crippen LogP contribution in [-0.4, -0.2) is 70.0 Å². The molecule has 0 rings (SSSR count). The topological polar surface area (TPSA) is 111 Å². The van der Waals surface area contributed by atoms with Crippen LogP contribution in [0.15, 0.2) is 72.9 Å². The van der Waals surface area contributed by atoms with E-state index in [1.807, 2.05) is 21.1 Å². The van der Waals surface area contributed by atoms with Crippen molar-refractivity contribution in [2.24, 2.45) is 0 Å². The van der Waals surface area contributed by atoms with Gasteiger partial charge in [-0.1, -0.05) is 350 Å². The fourth-order valence-electron chi connectivity index (χ4n) is 10.8. The van der Waals surface area contributed by atoms with Crippen LogP contribution in [-0.2, 0) is 32.7 Å². The molecule has 0 aliphatic rings. The molecule has 10 heteroatoms. The number of nitrogens with zero attached hydrogens (tertiary/aromatic N) is 1. The Bertz CT molecular complexity index is 1700. The molecule has 0 radical (unpaired) electrons. The van der Waals surface area contributed by atoms with Gasteiger partial charge in [0.15, 0.2) is 6.10 Å². The third-order valence-corrected chi connectivity index (χ3v) is 17.5. The highest BCUT2D eigenvalue weighted by atomic mass is 31.2. The van der Waals surface area contributed by atoms with E-state index in [1.54, 1.807) is 0 Å². The van der Waals surface area contributed by atoms with E-state index in [0.29, 0.717) is 17.4 Å². The summed E-state index contributed by atoms with van der Waals surface area (Å²) in [4.78, 5) is 38.1. The van der Waals surface area contributed by atoms with Crippen molar-refractivity contribution >= 4 is 19.8 Å². The zero-order valence-corrected chi connectivity index (χ0v) is 58.9. The van der Waals surface area contributed by atoms with Crippen molar-refractivity contribution in [2.45, 2.75) is 360 Å². The van der Waals surface area contributed by atoms with Gasteiger partial charge in [0, 0.05) is 12.8 Å². The van der Waals surface area contributed by atoms with Crippen molar-refractivity contribution in [3.63, 3.8) is 0 Å². The summed E-state index contributed by atoms with van der Waals surface area (Å²) in [6.07, 6.45) is 91.5. The Balaban J connectivity index is 3.99. The predicted molar refractivity (Wildman–Crippen MR) is 374 cm³/mol. The van der Waals surface area contributed by atoms with Crippen molar-refractivity contribution in [1.29, 1.82) is 0 Å². The average Bonchev–Trinajstić information content (AvgIpc) is 3.56. The molecule has 0 spiro atoms. The quantitative estimate of drug-likeness (QED) is 0.0195. The molecule has 87 heavy (non-hydrogen) atoms. The number of hydrogen-bond acceptors (Lipinski definition) is 8. The number of hydrogen-bond donors (Lipinski definition) is 0. The molecule has 2 unspecified atom stereocenters. The molecule has 0 amide bonds. The molecule has 0 aromatic carbocycles. The maximum Gasteiger partial charge on any atom is 0.306 e. The van der Waals surface area contributed by atoms with E-state index in [4.69, 9.17) is 18.5 Å². The number of unbranched alkanes of at least 4 members (excludes halogenated alkanes) is 43. The van der Waals surface area contributed by atoms with Crippen LogP contribution < -0.4 is 4.89 Å². The summed E-state index contributed by atoms with van der Waals surface area (Å²) in [6.45, 7) is 4.17. The van der Waals surface area contributed by atoms with Gasteiger partial charge in [0.05, 0.1) is 27.7 Å². The first-order valence-corrected chi connectivity index (χ1v) is 38.6. The summed E-state index contributed by atoms with van der Waals surface area (Å²) in [6, 6.07) is 0. The highest BCUT2D eigenvalue weighted by Gasteiger charge is 2.22. The Hall–Kier alpha value is -2.55. The fourth-order valence-corrected chi connectivity index (χ4v) is 11.6. The number of carbonyl (C=O) groups excluding carboxylic acids is 2. The smallest absolute Gasteiger partial charge is 0.306 e. The zero-order chi connectivity index (χ0) is 63.4. The number of phosphoric ester groups is 1. The normalized spacial score (nSPS) is 13.5. The molecular weight excluding hydrogens is 1100 g/mol. The van der Waals surface area contributed by atoms with Gasteiger partial charge in [-0.15, -0.1) is 0 Å². The van der Waals surface area contributed by atoms with E-state index in [9.17, 15) is 19.0 Å². The van der Waals surface area contributed by atoms with Crippen LogP contribution in [0.2, 0.25) is 0 Å². The third-order valence-electron chi connectivity index (χ3n) is 16.5. The van der Waals surface area contributed by atoms with Gasteiger partial charge in [-0.05, 0) is 64.2 Å². The van der Waals surface area contributed by atoms with Crippen LogP contribution in [0.25, 0.3) is 0 Å². The summed E-state index contributed by atoms with van der Waals surface area (Å²) >= 11 is 0. The number of allylic oxidation sites excluding steroid dienone is 12. The molecule has 0 saturated carbocycles. The van der Waals surface area contributed by atoms with Gasteiger partial charge < -0.3 is 27.9 Å². The Morgan fingerprint density at radius 2 is 0.655 bits per heavy atom. The van der Waals surface area contributed by atoms with Gasteiger partial charge in [0.1, 0.15) is 19.8 Å². The molecule has 0 fully saturated rings. The van der Waals surface area contributed by atoms with Crippen molar-refractivity contribution in [1.82, 2.24) is 0 Å². The lowest BCUT2D eigenvalue weighted by atomic mass is 10.0. The molecule has 0 heterocycles. The molecule has 0 bridgehead atoms. The maximum atomic E-state index is 12.9. The number of phosphoric acid groups is 1. The summed E-state index contributed by atoms with van der Waals surface area (Å²) in [5.74, 6) is -0.825. The van der Waals surface area contributed by atoms with Gasteiger partial charge in [0.2, 0.25) is 0 Å². The highest BCUT2D eigenvalue weighted by molar-refractivity contribution is 7.45. The van der Waals surface area contributed by atoms with E-state index >= 15 is 0 Å². The van der Waals surface area contributed by atoms with Crippen molar-refractivity contribution in [2.75, 3.05) is 47.5 Å². The number of ether oxygens (including phenoxy) is 2. The van der Waals surface area contributed by atoms with Gasteiger partial charge >= 0.3 is 11.9 Å². The third kappa shape index (κ3) is 72.4. The Morgan fingerprint density at radius 3 is 0.977 bits per heavy atom. The van der Waals surface area contributed by atoms with Crippen molar-refractivity contribution < 1.29 is 42.1 Å². The molecule has 0 saturated heterocycles. The maximum absolute atomic E-state index is 12.9. The second kappa shape index (κ2) is 67.8. The zero-order valence-electron chi connectivity index (χ0n) is 58.0. The van der Waals surface area contributed by atoms with Gasteiger partial charge in [-0.25, -0.2) is 0 Å². The number of esters is 2. The van der Waals surface area contributed by atoms with Gasteiger partial charge in [-0.3, -0.25) is 14.2 Å². The van der Waals surface area contributed by atoms with Crippen LogP contribution in [0.3, 0.4) is 0 Å². The van der Waals surface area contributed by atoms with E-state index in [2.05, 4.69) is 86.8 Å². The van der Waals surface area contributed by atoms with Crippen molar-refractivity contribution in [3.05, 3.63) is 72.9 Å². The second-order valence-electron chi connectivity index (χ2n) is 26.3. The summed E-state index contributed by atoms with van der Waals surface area (Å²) in [5.41, 5.74) is 0. The molecule has 0 aromatic rings. The van der Waals surface area contributed by atoms with Crippen LogP contribution in [0.4, 0.5) is 0 Å². The molecule has 0 aliphatic heterocycles. The van der Waals surface area contributed by atoms with E-state index in [0.717, 1.165) is 83.5 Å². The highest BCUT2D eigenvalue weighted by Crippen LogP contribution is 2.38. The fraction of sp³-hybridized carbons (Fsp3) is 0.818. The summed E-state index contributed by atoms with van der Waals surface area (Å²) in [7, 11) is 1.17. The first kappa shape index (κ1) is 84.5. The van der Waals surface area contributed by atoms with Crippen LogP contribution in [0.1, 0.15) is 354 Å². The Kier molecular flexibility index (Phi) is 65.8. The molecule has 508 valence electrons. The second-order valence-corrected chi connectivity index (χ2v) is 27.7. The first-order valence-electron chi connectivity index (χ1n) is 37.1. The van der Waals surface area contributed by atoms with Gasteiger partial charge in [-0.2, -0.15) is 0 Å². The Labute approximate surface area is 539 Å². The minimum Gasteiger partial charge on any atom is -0.756 e. The van der Waals surface area contributed by atoms with Crippen molar-refractivity contribution in [3.8, 4) is 0 Å². The first-order chi connectivity index (χ1) is 42.5. The molecule has 9 nitrogen and oxygen atoms in total. The summed E-state index contributed by atoms with van der Waals surface area (Å²) < 4.78 is 34.4. The predicted octanol–water partition coefficient (Wildman–Crippen LogP) is 23.7. The minimum absolute atomic E-state index is 0.0325. The Morgan fingerprint density at radius 1 is 0.368 bits per heavy atom. The standard InChI is InChI=1S/C77H142NO8P/c1-6-8-10-12-14-16-18-20-22-24-26-28-30-32-34-36-37-38-39-40-42-43-45-47-49-51-53-55-57-59-61-63-65-67-69-76(79)83-73-75(74-85-87(81,82)84-72-71-78(3,4)5)86-77(80)70-68-66-64-62-60-58-56-54-52-50-48-46-44-41-35-33-31-29-27-25-23-21-19-17-15-13-11-9-7-2/h9,11,15,17,21,23,27,29,33,35,44,46,75H,6-8,10,12-14,16,18-20,22,24-26,28,30-32,34,36-43,45,47-74H2,1-5H3/b11-9-,17-15-,23-21-,29-27-,35-33-,46-44-. The lowest BCUT2D eigenvalue weighted by Gasteiger charge is -2.28. The molecule has 0 aliphatic carbocycles. The van der Waals surface area contributed by atoms with Crippen LogP contribution >= 0.6 is 7.82 Å². The largest absolute Gasteiger partial charge is 0.756 e. The molecular formula is C77H142NO8P. The number of quaternary nitrogens is 1. The average molecular weight is 1240 g/mol. The lowest BCUT2D eigenvalue weighted by molar-refractivity contribution is -0.870. The number of likely N-dealkylation sites (N-methyl/N-ethyl adjacent to an activating group) is 1. The monoisotopic (exact) mass is 1240 g/mol. The lowest BCUT2D eigenvalue weighted by Crippen LogP contribution is -2.37. The van der Waals surface area contributed by atoms with E-state index < -0.39 is 26.5 Å². The van der Waals surface area contributed by atoms with Gasteiger partial charge in [0.25, 0.3) is 7.82 Å². The minimum atomic E-state index is -4.65. The van der Waals surface area contributed by atoms with Crippen LogP contribution in [0.5, 0.6) is 0 Å². The molecule has 0 aromatic heterocycles. The molecule has 0 N–H and O–H groups in total. The van der Waals surface area contributed by atoms with E-state index in [1.165, 1.54) is 238 Å². The SMILES string of the molecule is CC/C=C\C/C=C\C/C=C\C/C=C\C/C=C\C/C=C\CCCCCCCCCCCCC(=O)OC(COC(=O)CCCCCCCCCCCCCCCCCCCCCCCCCCCCCCCCCCCC)COP(=O)([O-])OCC[N+](C)(C)C. The number of carbonyl (C=O) groups is 2. The summed E-state index contributed by atoms with van der Waals surface area (Å²) in [5, 5.41) is 0. The van der Waals surface area contributed by atoms with E-state index in [-0.39, 0.29) is 32.0 Å². The van der Waals surface area contributed by atoms with Crippen LogP contribution in [0, 0.1) is 0 Å². The molecule has 2 atom stereocenters. The number of rotatable bonds is 69.